The Bertz CT molecular complexity index is 1160. The highest BCUT2D eigenvalue weighted by Gasteiger charge is 2.55. The largest absolute Gasteiger partial charge is 0.497 e. The van der Waals surface area contributed by atoms with Gasteiger partial charge in [0.2, 0.25) is 0 Å². The van der Waals surface area contributed by atoms with E-state index in [1.54, 1.807) is 38.3 Å². The minimum absolute atomic E-state index is 0.0667. The maximum Gasteiger partial charge on any atom is 0.295 e. The van der Waals surface area contributed by atoms with E-state index in [9.17, 15) is 9.59 Å². The normalized spacial score (nSPS) is 29.0. The second-order valence-corrected chi connectivity index (χ2v) is 9.38. The van der Waals surface area contributed by atoms with Crippen molar-refractivity contribution in [2.24, 2.45) is 11.8 Å². The van der Waals surface area contributed by atoms with Crippen LogP contribution in [0.25, 0.3) is 0 Å². The van der Waals surface area contributed by atoms with Crippen LogP contribution in [0.15, 0.2) is 40.1 Å². The summed E-state index contributed by atoms with van der Waals surface area (Å²) in [7, 11) is 3.09. The smallest absolute Gasteiger partial charge is 0.295 e. The molecule has 2 aromatic rings. The number of fused-ring (bicyclic) bond motifs is 1. The van der Waals surface area contributed by atoms with Gasteiger partial charge in [-0.25, -0.2) is 0 Å². The van der Waals surface area contributed by atoms with Gasteiger partial charge in [-0.05, 0) is 43.9 Å². The monoisotopic (exact) mass is 472 g/mol. The Balaban J connectivity index is 1.68. The van der Waals surface area contributed by atoms with Crippen LogP contribution in [-0.2, 0) is 14.3 Å². The van der Waals surface area contributed by atoms with Crippen molar-refractivity contribution < 1.29 is 28.3 Å². The Morgan fingerprint density at radius 3 is 2.61 bits per heavy atom. The van der Waals surface area contributed by atoms with E-state index in [0.717, 1.165) is 0 Å². The first kappa shape index (κ1) is 21.8. The van der Waals surface area contributed by atoms with Crippen LogP contribution in [0.3, 0.4) is 0 Å². The number of aromatic nitrogens is 1. The van der Waals surface area contributed by atoms with E-state index in [1.165, 1.54) is 12.0 Å². The van der Waals surface area contributed by atoms with Crippen LogP contribution in [-0.4, -0.2) is 42.5 Å². The van der Waals surface area contributed by atoms with Gasteiger partial charge in [0, 0.05) is 17.0 Å². The highest BCUT2D eigenvalue weighted by molar-refractivity contribution is 6.21. The number of methoxy groups -OCH3 is 2. The molecule has 1 fully saturated rings. The first-order valence-electron chi connectivity index (χ1n) is 10.9. The molecular weight excluding hydrogens is 448 g/mol. The molecule has 33 heavy (non-hydrogen) atoms. The summed E-state index contributed by atoms with van der Waals surface area (Å²) >= 11 is 6.53. The van der Waals surface area contributed by atoms with Crippen LogP contribution in [0.5, 0.6) is 11.5 Å². The first-order chi connectivity index (χ1) is 15.8. The van der Waals surface area contributed by atoms with Crippen LogP contribution in [0.4, 0.5) is 5.82 Å². The Kier molecular flexibility index (Phi) is 5.35. The van der Waals surface area contributed by atoms with Crippen LogP contribution in [0, 0.1) is 18.8 Å². The number of amides is 1. The molecule has 1 saturated carbocycles. The number of anilines is 1. The summed E-state index contributed by atoms with van der Waals surface area (Å²) in [5, 5.41) is 3.94. The van der Waals surface area contributed by atoms with Gasteiger partial charge in [-0.1, -0.05) is 12.1 Å². The quantitative estimate of drug-likeness (QED) is 0.622. The van der Waals surface area contributed by atoms with Gasteiger partial charge in [-0.2, -0.15) is 0 Å². The molecular formula is C24H25ClN2O6. The molecule has 8 nitrogen and oxygen atoms in total. The minimum Gasteiger partial charge on any atom is -0.497 e. The standard InChI is InChI=1S/C24H25ClN2O6/c1-11-7-18-15(10-16(11)25)22(28)20-21(14-9-13(30-3)5-6-17(14)31-4)27(24(29)23(20)32-18)19-8-12(2)33-26-19/h5-6,8-9,11,15-16,18,21H,7,10H2,1-4H3. The van der Waals surface area contributed by atoms with Crippen LogP contribution in [0.1, 0.15) is 37.1 Å². The molecule has 1 aromatic heterocycles. The Morgan fingerprint density at radius 2 is 1.94 bits per heavy atom. The molecule has 0 bridgehead atoms. The lowest BCUT2D eigenvalue weighted by atomic mass is 9.74. The zero-order chi connectivity index (χ0) is 23.4. The van der Waals surface area contributed by atoms with Gasteiger partial charge >= 0.3 is 0 Å². The number of carbonyl (C=O) groups excluding carboxylic acids is 2. The maximum atomic E-state index is 13.9. The predicted molar refractivity (Wildman–Crippen MR) is 119 cm³/mol. The highest BCUT2D eigenvalue weighted by Crippen LogP contribution is 2.51. The zero-order valence-corrected chi connectivity index (χ0v) is 19.6. The third-order valence-electron chi connectivity index (χ3n) is 6.80. The number of ketones is 1. The molecule has 3 heterocycles. The number of carbonyl (C=O) groups is 2. The van der Waals surface area contributed by atoms with Crippen LogP contribution >= 0.6 is 11.6 Å². The summed E-state index contributed by atoms with van der Waals surface area (Å²) in [6, 6.07) is 6.12. The third kappa shape index (κ3) is 3.39. The van der Waals surface area contributed by atoms with Crippen molar-refractivity contribution in [1.82, 2.24) is 5.16 Å². The van der Waals surface area contributed by atoms with Gasteiger partial charge in [-0.3, -0.25) is 14.5 Å². The van der Waals surface area contributed by atoms with E-state index in [0.29, 0.717) is 47.1 Å². The average molecular weight is 473 g/mol. The molecule has 0 saturated heterocycles. The summed E-state index contributed by atoms with van der Waals surface area (Å²) in [5.41, 5.74) is 0.893. The van der Waals surface area contributed by atoms with Gasteiger partial charge in [0.1, 0.15) is 29.4 Å². The van der Waals surface area contributed by atoms with E-state index >= 15 is 0 Å². The number of halogens is 1. The molecule has 9 heteroatoms. The fraction of sp³-hybridized carbons (Fsp3) is 0.458. The number of ether oxygens (including phenoxy) is 3. The number of hydrogen-bond acceptors (Lipinski definition) is 7. The number of aryl methyl sites for hydroxylation is 1. The number of alkyl halides is 1. The van der Waals surface area contributed by atoms with E-state index in [4.69, 9.17) is 30.3 Å². The van der Waals surface area contributed by atoms with Gasteiger partial charge < -0.3 is 18.7 Å². The molecule has 5 atom stereocenters. The zero-order valence-electron chi connectivity index (χ0n) is 18.8. The number of hydrogen-bond donors (Lipinski definition) is 0. The molecule has 2 aliphatic heterocycles. The lowest BCUT2D eigenvalue weighted by Crippen LogP contribution is -2.44. The first-order valence-corrected chi connectivity index (χ1v) is 11.4. The third-order valence-corrected chi connectivity index (χ3v) is 7.41. The number of nitrogens with zero attached hydrogens (tertiary/aromatic N) is 2. The molecule has 5 rings (SSSR count). The van der Waals surface area contributed by atoms with Gasteiger partial charge in [0.05, 0.1) is 25.7 Å². The summed E-state index contributed by atoms with van der Waals surface area (Å²) in [6.45, 7) is 3.78. The van der Waals surface area contributed by atoms with Gasteiger partial charge in [0.25, 0.3) is 5.91 Å². The summed E-state index contributed by atoms with van der Waals surface area (Å²) in [5.74, 6) is 1.20. The summed E-state index contributed by atoms with van der Waals surface area (Å²) < 4.78 is 22.5. The molecule has 174 valence electrons. The van der Waals surface area contributed by atoms with Gasteiger partial charge in [0.15, 0.2) is 17.4 Å². The van der Waals surface area contributed by atoms with E-state index in [-0.39, 0.29) is 28.9 Å². The highest BCUT2D eigenvalue weighted by atomic mass is 35.5. The van der Waals surface area contributed by atoms with Crippen LogP contribution in [0.2, 0.25) is 0 Å². The van der Waals surface area contributed by atoms with Crippen molar-refractivity contribution in [2.45, 2.75) is 44.2 Å². The van der Waals surface area contributed by atoms with Gasteiger partial charge in [-0.15, -0.1) is 11.6 Å². The Hall–Kier alpha value is -3.00. The van der Waals surface area contributed by atoms with Crippen molar-refractivity contribution >= 4 is 29.1 Å². The molecule has 0 radical (unpaired) electrons. The number of benzene rings is 1. The molecule has 1 aromatic carbocycles. The lowest BCUT2D eigenvalue weighted by Gasteiger charge is -2.40. The topological polar surface area (TPSA) is 91.1 Å². The Labute approximate surface area is 196 Å². The second-order valence-electron chi connectivity index (χ2n) is 8.82. The maximum absolute atomic E-state index is 13.9. The number of Topliss-reactive ketones (excluding diaryl/α,β-unsaturated/α-hetero) is 1. The molecule has 1 amide bonds. The van der Waals surface area contributed by atoms with Crippen molar-refractivity contribution in [2.75, 3.05) is 19.1 Å². The predicted octanol–water partition coefficient (Wildman–Crippen LogP) is 3.96. The SMILES string of the molecule is COc1ccc(OC)c(C2C3=C(OC4CC(C)C(Cl)CC4C3=O)C(=O)N2c2cc(C)on2)c1. The molecule has 0 N–H and O–H groups in total. The van der Waals surface area contributed by atoms with E-state index in [1.807, 2.05) is 6.92 Å². The van der Waals surface area contributed by atoms with Crippen molar-refractivity contribution in [3.63, 3.8) is 0 Å². The van der Waals surface area contributed by atoms with E-state index < -0.39 is 17.9 Å². The van der Waals surface area contributed by atoms with Crippen molar-refractivity contribution in [1.29, 1.82) is 0 Å². The summed E-state index contributed by atoms with van der Waals surface area (Å²) in [6.07, 6.45) is 0.740. The Morgan fingerprint density at radius 1 is 1.15 bits per heavy atom. The van der Waals surface area contributed by atoms with Crippen molar-refractivity contribution in [3.05, 3.63) is 46.9 Å². The van der Waals surface area contributed by atoms with Crippen LogP contribution < -0.4 is 14.4 Å². The molecule has 1 aliphatic carbocycles. The lowest BCUT2D eigenvalue weighted by molar-refractivity contribution is -0.132. The minimum atomic E-state index is -0.802. The molecule has 5 unspecified atom stereocenters. The molecule has 0 spiro atoms. The second kappa shape index (κ2) is 8.09. The molecule has 3 aliphatic rings. The summed E-state index contributed by atoms with van der Waals surface area (Å²) in [4.78, 5) is 29.0. The fourth-order valence-electron chi connectivity index (χ4n) is 5.07. The van der Waals surface area contributed by atoms with Crippen molar-refractivity contribution in [3.8, 4) is 11.5 Å². The average Bonchev–Trinajstić information content (AvgIpc) is 3.35. The fourth-order valence-corrected chi connectivity index (χ4v) is 5.36. The number of rotatable bonds is 4. The van der Waals surface area contributed by atoms with E-state index in [2.05, 4.69) is 5.16 Å².